The first kappa shape index (κ1) is 21.9. The van der Waals surface area contributed by atoms with Gasteiger partial charge in [0.25, 0.3) is 0 Å². The minimum Gasteiger partial charge on any atom is -0.294 e. The van der Waals surface area contributed by atoms with Crippen molar-refractivity contribution in [2.45, 2.75) is 37.5 Å². The van der Waals surface area contributed by atoms with E-state index in [0.717, 1.165) is 48.8 Å². The van der Waals surface area contributed by atoms with E-state index >= 15 is 0 Å². The van der Waals surface area contributed by atoms with Gasteiger partial charge in [0.1, 0.15) is 0 Å². The predicted octanol–water partition coefficient (Wildman–Crippen LogP) is 6.57. The largest absolute Gasteiger partial charge is 0.416 e. The van der Waals surface area contributed by atoms with E-state index in [0.29, 0.717) is 18.0 Å². The van der Waals surface area contributed by atoms with Crippen molar-refractivity contribution in [3.05, 3.63) is 107 Å². The number of nitrogens with zero attached hydrogens (tertiary/aromatic N) is 2. The molecule has 0 N–H and O–H groups in total. The van der Waals surface area contributed by atoms with Gasteiger partial charge in [-0.15, -0.1) is 0 Å². The zero-order valence-electron chi connectivity index (χ0n) is 18.4. The number of fused-ring (bicyclic) bond motifs is 3. The molecule has 0 aromatic heterocycles. The molecule has 3 aliphatic rings. The summed E-state index contributed by atoms with van der Waals surface area (Å²) in [4.78, 5) is 7.55. The Morgan fingerprint density at radius 1 is 0.818 bits per heavy atom. The van der Waals surface area contributed by atoms with Crippen molar-refractivity contribution in [2.75, 3.05) is 13.1 Å². The quantitative estimate of drug-likeness (QED) is 0.431. The Morgan fingerprint density at radius 2 is 1.45 bits per heavy atom. The maximum absolute atomic E-state index is 13.6. The third-order valence-electron chi connectivity index (χ3n) is 6.98. The van der Waals surface area contributed by atoms with Crippen molar-refractivity contribution in [3.8, 4) is 0 Å². The second-order valence-electron chi connectivity index (χ2n) is 8.99. The fraction of sp³-hybridized carbons (Fsp3) is 0.321. The molecular weight excluding hydrogens is 421 g/mol. The van der Waals surface area contributed by atoms with Crippen LogP contribution < -0.4 is 0 Å². The van der Waals surface area contributed by atoms with Crippen molar-refractivity contribution in [1.29, 1.82) is 0 Å². The Hall–Kier alpha value is -2.92. The number of aliphatic imine (C=N–C) groups is 1. The van der Waals surface area contributed by atoms with Gasteiger partial charge in [-0.25, -0.2) is 0 Å². The van der Waals surface area contributed by atoms with Crippen LogP contribution in [0.4, 0.5) is 13.2 Å². The molecule has 3 aromatic rings. The second-order valence-corrected chi connectivity index (χ2v) is 8.99. The number of hydrogen-bond donors (Lipinski definition) is 0. The van der Waals surface area contributed by atoms with Crippen LogP contribution in [0.3, 0.4) is 0 Å². The van der Waals surface area contributed by atoms with Gasteiger partial charge in [-0.2, -0.15) is 13.2 Å². The fourth-order valence-electron chi connectivity index (χ4n) is 5.40. The van der Waals surface area contributed by atoms with Gasteiger partial charge in [-0.05, 0) is 48.7 Å². The van der Waals surface area contributed by atoms with Crippen molar-refractivity contribution >= 4 is 5.71 Å². The van der Waals surface area contributed by atoms with Crippen molar-refractivity contribution in [3.63, 3.8) is 0 Å². The van der Waals surface area contributed by atoms with E-state index in [9.17, 15) is 13.2 Å². The summed E-state index contributed by atoms with van der Waals surface area (Å²) in [5.74, 6) is 0.187. The van der Waals surface area contributed by atoms with Crippen LogP contribution in [0.5, 0.6) is 0 Å². The first-order valence-electron chi connectivity index (χ1n) is 11.5. The molecule has 2 unspecified atom stereocenters. The molecule has 0 saturated carbocycles. The summed E-state index contributed by atoms with van der Waals surface area (Å²) in [7, 11) is 0. The summed E-state index contributed by atoms with van der Waals surface area (Å²) in [6.07, 6.45) is -2.24. The lowest BCUT2D eigenvalue weighted by atomic mass is 9.72. The molecule has 33 heavy (non-hydrogen) atoms. The van der Waals surface area contributed by atoms with E-state index < -0.39 is 11.7 Å². The Labute approximate surface area is 192 Å². The predicted molar refractivity (Wildman–Crippen MR) is 125 cm³/mol. The van der Waals surface area contributed by atoms with E-state index in [-0.39, 0.29) is 12.0 Å². The first-order valence-corrected chi connectivity index (χ1v) is 11.5. The van der Waals surface area contributed by atoms with Crippen LogP contribution >= 0.6 is 0 Å². The maximum Gasteiger partial charge on any atom is 0.416 e. The number of hydrogen-bond acceptors (Lipinski definition) is 2. The van der Waals surface area contributed by atoms with Gasteiger partial charge in [-0.1, -0.05) is 78.9 Å². The molecule has 3 aromatic carbocycles. The molecular formula is C28H27F3N2. The van der Waals surface area contributed by atoms with Crippen LogP contribution in [0.15, 0.2) is 89.9 Å². The summed E-state index contributed by atoms with van der Waals surface area (Å²) in [5.41, 5.74) is 3.42. The molecule has 5 heteroatoms. The lowest BCUT2D eigenvalue weighted by Gasteiger charge is -2.49. The lowest BCUT2D eigenvalue weighted by Crippen LogP contribution is -2.58. The average Bonchev–Trinajstić information content (AvgIpc) is 2.85. The highest BCUT2D eigenvalue weighted by molar-refractivity contribution is 5.94. The standard InChI is InChI=1S/C28H27F3N2/c29-28(30,31)24-13-7-12-23(18-24)25(21-10-5-2-6-11-21)27-26(22-14-16-33(27)17-15-22)32-19-20-8-3-1-4-9-20/h1-13,18,22,25,27H,14-17,19H2. The summed E-state index contributed by atoms with van der Waals surface area (Å²) in [6.45, 7) is 2.52. The third kappa shape index (κ3) is 4.60. The van der Waals surface area contributed by atoms with Crippen LogP contribution in [0.1, 0.15) is 41.0 Å². The topological polar surface area (TPSA) is 15.6 Å². The van der Waals surface area contributed by atoms with Gasteiger partial charge >= 0.3 is 6.18 Å². The molecule has 2 atom stereocenters. The molecule has 3 aliphatic heterocycles. The molecule has 3 heterocycles. The average molecular weight is 449 g/mol. The van der Waals surface area contributed by atoms with Gasteiger partial charge in [0.05, 0.1) is 18.2 Å². The minimum atomic E-state index is -4.37. The SMILES string of the molecule is FC(F)(F)c1cccc(C(c2ccccc2)C2C(=NCc3ccccc3)C3CCN2CC3)c1. The van der Waals surface area contributed by atoms with Crippen molar-refractivity contribution in [1.82, 2.24) is 4.90 Å². The summed E-state index contributed by atoms with van der Waals surface area (Å²) in [5, 5.41) is 0. The van der Waals surface area contributed by atoms with Gasteiger partial charge in [-0.3, -0.25) is 9.89 Å². The van der Waals surface area contributed by atoms with Crippen LogP contribution in [-0.2, 0) is 12.7 Å². The number of alkyl halides is 3. The van der Waals surface area contributed by atoms with Gasteiger partial charge in [0, 0.05) is 17.5 Å². The molecule has 0 spiro atoms. The van der Waals surface area contributed by atoms with E-state index in [1.54, 1.807) is 0 Å². The lowest BCUT2D eigenvalue weighted by molar-refractivity contribution is -0.137. The monoisotopic (exact) mass is 448 g/mol. The third-order valence-corrected chi connectivity index (χ3v) is 6.98. The molecule has 3 fully saturated rings. The van der Waals surface area contributed by atoms with Crippen LogP contribution in [0, 0.1) is 5.92 Å². The van der Waals surface area contributed by atoms with E-state index in [1.807, 2.05) is 54.6 Å². The maximum atomic E-state index is 13.6. The zero-order chi connectivity index (χ0) is 22.8. The Morgan fingerprint density at radius 3 is 2.12 bits per heavy atom. The van der Waals surface area contributed by atoms with Crippen LogP contribution in [0.25, 0.3) is 0 Å². The molecule has 2 nitrogen and oxygen atoms in total. The highest BCUT2D eigenvalue weighted by atomic mass is 19.4. The molecule has 0 amide bonds. The summed E-state index contributed by atoms with van der Waals surface area (Å²) in [6, 6.07) is 25.9. The summed E-state index contributed by atoms with van der Waals surface area (Å²) >= 11 is 0. The van der Waals surface area contributed by atoms with E-state index in [1.165, 1.54) is 12.1 Å². The van der Waals surface area contributed by atoms with Crippen LogP contribution in [-0.4, -0.2) is 29.7 Å². The molecule has 6 rings (SSSR count). The Kier molecular flexibility index (Phi) is 6.07. The molecule has 170 valence electrons. The number of piperidine rings is 3. The van der Waals surface area contributed by atoms with Crippen molar-refractivity contribution in [2.24, 2.45) is 10.9 Å². The molecule has 2 bridgehead atoms. The van der Waals surface area contributed by atoms with E-state index in [2.05, 4.69) is 17.0 Å². The minimum absolute atomic E-state index is 0.0351. The van der Waals surface area contributed by atoms with Gasteiger partial charge in [0.2, 0.25) is 0 Å². The molecule has 0 radical (unpaired) electrons. The van der Waals surface area contributed by atoms with Crippen LogP contribution in [0.2, 0.25) is 0 Å². The van der Waals surface area contributed by atoms with E-state index in [4.69, 9.17) is 4.99 Å². The highest BCUT2D eigenvalue weighted by Gasteiger charge is 2.44. The number of rotatable bonds is 5. The molecule has 3 saturated heterocycles. The summed E-state index contributed by atoms with van der Waals surface area (Å²) < 4.78 is 40.7. The number of benzene rings is 3. The zero-order valence-corrected chi connectivity index (χ0v) is 18.4. The second kappa shape index (κ2) is 9.14. The fourth-order valence-corrected chi connectivity index (χ4v) is 5.40. The Balaban J connectivity index is 1.60. The number of halogens is 3. The van der Waals surface area contributed by atoms with Gasteiger partial charge in [0.15, 0.2) is 0 Å². The first-order chi connectivity index (χ1) is 16.0. The molecule has 0 aliphatic carbocycles. The van der Waals surface area contributed by atoms with Crippen molar-refractivity contribution < 1.29 is 13.2 Å². The smallest absolute Gasteiger partial charge is 0.294 e. The van der Waals surface area contributed by atoms with Gasteiger partial charge < -0.3 is 0 Å². The highest BCUT2D eigenvalue weighted by Crippen LogP contribution is 2.42. The Bertz CT molecular complexity index is 1100. The normalized spacial score (nSPS) is 24.7.